The van der Waals surface area contributed by atoms with Gasteiger partial charge in [-0.25, -0.2) is 19.2 Å². The highest BCUT2D eigenvalue weighted by Crippen LogP contribution is 2.26. The van der Waals surface area contributed by atoms with Gasteiger partial charge in [0, 0.05) is 0 Å². The maximum atomic E-state index is 11.6. The second kappa shape index (κ2) is 22.0. The molecule has 4 aromatic rings. The maximum Gasteiger partial charge on any atom is 0.337 e. The van der Waals surface area contributed by atoms with Crippen LogP contribution in [0.1, 0.15) is 41.4 Å². The summed E-state index contributed by atoms with van der Waals surface area (Å²) in [4.78, 5) is 45.2. The van der Waals surface area contributed by atoms with Crippen molar-refractivity contribution >= 4 is 23.9 Å². The number of phenolic OH excluding ortho intramolecular Hbond substituents is 1. The Hall–Kier alpha value is -6.64. The van der Waals surface area contributed by atoms with Crippen LogP contribution in [0.4, 0.5) is 0 Å². The van der Waals surface area contributed by atoms with Crippen molar-refractivity contribution in [1.29, 1.82) is 0 Å². The lowest BCUT2D eigenvalue weighted by molar-refractivity contribution is -0.374. The first-order valence-corrected chi connectivity index (χ1v) is 16.7. The number of esters is 4. The number of terminal acetylenes is 1. The predicted molar refractivity (Wildman–Crippen MR) is 200 cm³/mol. The minimum atomic E-state index is -1.82. The second-order valence-corrected chi connectivity index (χ2v) is 11.6. The Morgan fingerprint density at radius 2 is 0.912 bits per heavy atom. The molecule has 2 unspecified atom stereocenters. The molecular formula is C41H42O16. The SMILES string of the molecule is C#CCOc1cccc(C(=O)OC)c1.COC(=O)c1cccc(O)c1.COC(=O)c1cccc(OCC2(O)COC(O)(COc3cccc(C(=O)OC)c3)CO2)c1. The molecule has 0 aliphatic carbocycles. The molecule has 0 bridgehead atoms. The summed E-state index contributed by atoms with van der Waals surface area (Å²) < 4.78 is 45.2. The van der Waals surface area contributed by atoms with Crippen LogP contribution in [0.25, 0.3) is 0 Å². The van der Waals surface area contributed by atoms with Gasteiger partial charge in [-0.15, -0.1) is 6.42 Å². The Balaban J connectivity index is 0.000000284. The van der Waals surface area contributed by atoms with E-state index >= 15 is 0 Å². The van der Waals surface area contributed by atoms with Gasteiger partial charge in [-0.05, 0) is 72.8 Å². The lowest BCUT2D eigenvalue weighted by Crippen LogP contribution is -2.58. The number of hydrogen-bond acceptors (Lipinski definition) is 16. The Kier molecular flexibility index (Phi) is 17.3. The zero-order valence-corrected chi connectivity index (χ0v) is 31.5. The molecule has 2 atom stereocenters. The number of aliphatic hydroxyl groups is 2. The molecule has 0 amide bonds. The number of benzene rings is 4. The quantitative estimate of drug-likeness (QED) is 0.106. The number of carbonyl (C=O) groups excluding carboxylic acids is 4. The zero-order valence-electron chi connectivity index (χ0n) is 31.5. The van der Waals surface area contributed by atoms with Gasteiger partial charge in [-0.1, -0.05) is 30.2 Å². The number of carbonyl (C=O) groups is 4. The summed E-state index contributed by atoms with van der Waals surface area (Å²) in [6, 6.07) is 25.1. The van der Waals surface area contributed by atoms with Crippen molar-refractivity contribution in [3.63, 3.8) is 0 Å². The lowest BCUT2D eigenvalue weighted by atomic mass is 10.2. The van der Waals surface area contributed by atoms with Gasteiger partial charge in [-0.2, -0.15) is 0 Å². The van der Waals surface area contributed by atoms with Gasteiger partial charge in [0.25, 0.3) is 0 Å². The van der Waals surface area contributed by atoms with Gasteiger partial charge in [0.1, 0.15) is 56.0 Å². The molecule has 1 heterocycles. The van der Waals surface area contributed by atoms with Crippen molar-refractivity contribution in [2.75, 3.05) is 61.5 Å². The van der Waals surface area contributed by atoms with Crippen molar-refractivity contribution in [3.8, 4) is 35.3 Å². The first-order valence-electron chi connectivity index (χ1n) is 16.7. The molecular weight excluding hydrogens is 748 g/mol. The highest BCUT2D eigenvalue weighted by atomic mass is 16.7. The van der Waals surface area contributed by atoms with Crippen molar-refractivity contribution < 1.29 is 77.1 Å². The van der Waals surface area contributed by atoms with Crippen LogP contribution in [0.2, 0.25) is 0 Å². The highest BCUT2D eigenvalue weighted by Gasteiger charge is 2.44. The number of aromatic hydroxyl groups is 1. The summed E-state index contributed by atoms with van der Waals surface area (Å²) in [5, 5.41) is 30.0. The normalized spacial score (nSPS) is 16.6. The molecule has 1 aliphatic heterocycles. The highest BCUT2D eigenvalue weighted by molar-refractivity contribution is 5.91. The minimum Gasteiger partial charge on any atom is -0.508 e. The minimum absolute atomic E-state index is 0.0629. The van der Waals surface area contributed by atoms with Crippen LogP contribution in [0.3, 0.4) is 0 Å². The molecule has 4 aromatic carbocycles. The fraction of sp³-hybridized carbons (Fsp3) is 0.268. The molecule has 0 radical (unpaired) electrons. The molecule has 57 heavy (non-hydrogen) atoms. The first-order chi connectivity index (χ1) is 27.3. The van der Waals surface area contributed by atoms with E-state index in [1.807, 2.05) is 0 Å². The summed E-state index contributed by atoms with van der Waals surface area (Å²) in [5.74, 6) is -1.92. The summed E-state index contributed by atoms with van der Waals surface area (Å²) in [6.07, 6.45) is 5.03. The van der Waals surface area contributed by atoms with Crippen molar-refractivity contribution in [3.05, 3.63) is 119 Å². The summed E-state index contributed by atoms with van der Waals surface area (Å²) in [5.41, 5.74) is 1.38. The third kappa shape index (κ3) is 14.5. The average molecular weight is 791 g/mol. The predicted octanol–water partition coefficient (Wildman–Crippen LogP) is 3.81. The molecule has 3 N–H and O–H groups in total. The van der Waals surface area contributed by atoms with Crippen molar-refractivity contribution in [2.45, 2.75) is 11.6 Å². The number of hydrogen-bond donors (Lipinski definition) is 3. The van der Waals surface area contributed by atoms with Gasteiger partial charge in [0.15, 0.2) is 0 Å². The molecule has 16 nitrogen and oxygen atoms in total. The molecule has 5 rings (SSSR count). The van der Waals surface area contributed by atoms with E-state index < -0.39 is 48.7 Å². The van der Waals surface area contributed by atoms with Crippen LogP contribution in [-0.2, 0) is 28.4 Å². The van der Waals surface area contributed by atoms with E-state index in [1.165, 1.54) is 52.7 Å². The third-order valence-corrected chi connectivity index (χ3v) is 7.42. The smallest absolute Gasteiger partial charge is 0.337 e. The average Bonchev–Trinajstić information content (AvgIpc) is 3.25. The Bertz CT molecular complexity index is 1920. The van der Waals surface area contributed by atoms with Crippen LogP contribution in [0, 0.1) is 12.3 Å². The molecule has 0 spiro atoms. The second-order valence-electron chi connectivity index (χ2n) is 11.6. The summed E-state index contributed by atoms with van der Waals surface area (Å²) >= 11 is 0. The molecule has 16 heteroatoms. The third-order valence-electron chi connectivity index (χ3n) is 7.42. The fourth-order valence-corrected chi connectivity index (χ4v) is 4.50. The van der Waals surface area contributed by atoms with Crippen LogP contribution >= 0.6 is 0 Å². The summed E-state index contributed by atoms with van der Waals surface area (Å²) in [7, 11) is 5.17. The van der Waals surface area contributed by atoms with E-state index in [4.69, 9.17) is 35.2 Å². The van der Waals surface area contributed by atoms with Crippen molar-refractivity contribution in [1.82, 2.24) is 0 Å². The standard InChI is InChI=1S/C22H24O10.C11H10O3.C8H8O3/c1-27-19(23)15-5-3-7-17(9-15)29-11-21(25)13-32-22(26,14-31-21)12-30-18-8-4-6-16(10-18)20(24)28-2;1-3-7-14-10-6-4-5-9(8-10)11(12)13-2;1-11-8(10)6-3-2-4-7(9)5-6/h3-10,25-26H,11-14H2,1-2H3;1,4-6,8H,7H2,2H3;2-5,9H,1H3. The van der Waals surface area contributed by atoms with Gasteiger partial charge in [0.2, 0.25) is 11.6 Å². The van der Waals surface area contributed by atoms with E-state index in [1.54, 1.807) is 72.8 Å². The lowest BCUT2D eigenvalue weighted by Gasteiger charge is -2.40. The molecule has 0 aromatic heterocycles. The van der Waals surface area contributed by atoms with Gasteiger partial charge < -0.3 is 58.0 Å². The van der Waals surface area contributed by atoms with E-state index in [0.717, 1.165) is 0 Å². The van der Waals surface area contributed by atoms with Crippen LogP contribution < -0.4 is 14.2 Å². The van der Waals surface area contributed by atoms with E-state index in [9.17, 15) is 29.4 Å². The largest absolute Gasteiger partial charge is 0.508 e. The maximum absolute atomic E-state index is 11.6. The molecule has 1 fully saturated rings. The Morgan fingerprint density at radius 1 is 0.579 bits per heavy atom. The number of ether oxygens (including phenoxy) is 9. The van der Waals surface area contributed by atoms with Gasteiger partial charge in [0.05, 0.1) is 50.7 Å². The topological polar surface area (TPSA) is 212 Å². The first kappa shape index (κ1) is 44.8. The molecule has 0 saturated carbocycles. The number of methoxy groups -OCH3 is 4. The van der Waals surface area contributed by atoms with E-state index in [2.05, 4.69) is 24.9 Å². The zero-order chi connectivity index (χ0) is 41.8. The van der Waals surface area contributed by atoms with Crippen LogP contribution in [0.5, 0.6) is 23.0 Å². The Morgan fingerprint density at radius 3 is 1.23 bits per heavy atom. The van der Waals surface area contributed by atoms with E-state index in [0.29, 0.717) is 39.5 Å². The monoisotopic (exact) mass is 790 g/mol. The van der Waals surface area contributed by atoms with Crippen molar-refractivity contribution in [2.24, 2.45) is 0 Å². The number of phenols is 1. The number of rotatable bonds is 12. The molecule has 1 saturated heterocycles. The van der Waals surface area contributed by atoms with Gasteiger partial charge in [-0.3, -0.25) is 0 Å². The molecule has 1 aliphatic rings. The molecule has 302 valence electrons. The fourth-order valence-electron chi connectivity index (χ4n) is 4.50. The van der Waals surface area contributed by atoms with E-state index in [-0.39, 0.29) is 25.6 Å². The van der Waals surface area contributed by atoms with Crippen LogP contribution in [-0.4, -0.2) is 112 Å². The Labute approximate surface area is 328 Å². The summed E-state index contributed by atoms with van der Waals surface area (Å²) in [6.45, 7) is -1.23. The van der Waals surface area contributed by atoms with Crippen LogP contribution in [0.15, 0.2) is 97.1 Å². The van der Waals surface area contributed by atoms with Gasteiger partial charge >= 0.3 is 23.9 Å².